The molecule has 2 aromatic rings. The number of piperidine rings is 1. The number of likely N-dealkylation sites (tertiary alicyclic amines) is 1. The SMILES string of the molecule is COC1CC2C(=O)N(Cc3ccc(C(=O)NCc4ccco4)cc3)C(=O)N(CC(=O)N3CCCCC3)C2CC1OC. The normalized spacial score (nSPS) is 24.8. The topological polar surface area (TPSA) is 122 Å². The smallest absolute Gasteiger partial charge is 0.327 e. The highest BCUT2D eigenvalue weighted by Crippen LogP contribution is 2.37. The lowest BCUT2D eigenvalue weighted by Gasteiger charge is -2.50. The molecule has 1 aromatic heterocycles. The zero-order valence-corrected chi connectivity index (χ0v) is 23.6. The Bertz CT molecular complexity index is 1230. The van der Waals surface area contributed by atoms with Crippen molar-refractivity contribution in [1.82, 2.24) is 20.0 Å². The number of benzene rings is 1. The Morgan fingerprint density at radius 3 is 2.34 bits per heavy atom. The summed E-state index contributed by atoms with van der Waals surface area (Å²) in [5.41, 5.74) is 1.15. The van der Waals surface area contributed by atoms with E-state index in [-0.39, 0.29) is 49.6 Å². The molecule has 0 spiro atoms. The number of fused-ring (bicyclic) bond motifs is 1. The molecule has 1 N–H and O–H groups in total. The molecule has 4 atom stereocenters. The molecule has 220 valence electrons. The maximum absolute atomic E-state index is 13.8. The van der Waals surface area contributed by atoms with E-state index in [0.717, 1.165) is 19.3 Å². The second-order valence-corrected chi connectivity index (χ2v) is 10.9. The van der Waals surface area contributed by atoms with Gasteiger partial charge in [-0.15, -0.1) is 0 Å². The molecule has 1 aromatic carbocycles. The number of carbonyl (C=O) groups excluding carboxylic acids is 4. The molecule has 1 aliphatic carbocycles. The van der Waals surface area contributed by atoms with Crippen LogP contribution in [-0.4, -0.2) is 90.6 Å². The van der Waals surface area contributed by atoms with Crippen molar-refractivity contribution in [2.24, 2.45) is 5.92 Å². The monoisotopic (exact) mass is 566 g/mol. The van der Waals surface area contributed by atoms with Gasteiger partial charge in [0.2, 0.25) is 11.8 Å². The molecule has 0 bridgehead atoms. The van der Waals surface area contributed by atoms with Gasteiger partial charge in [-0.3, -0.25) is 19.3 Å². The maximum Gasteiger partial charge on any atom is 0.327 e. The number of imide groups is 1. The van der Waals surface area contributed by atoms with Gasteiger partial charge in [-0.2, -0.15) is 0 Å². The summed E-state index contributed by atoms with van der Waals surface area (Å²) >= 11 is 0. The molecule has 2 saturated heterocycles. The first-order valence-corrected chi connectivity index (χ1v) is 14.2. The van der Waals surface area contributed by atoms with E-state index in [1.807, 2.05) is 4.90 Å². The fourth-order valence-corrected chi connectivity index (χ4v) is 6.16. The van der Waals surface area contributed by atoms with E-state index in [2.05, 4.69) is 5.32 Å². The second kappa shape index (κ2) is 12.9. The minimum atomic E-state index is -0.509. The summed E-state index contributed by atoms with van der Waals surface area (Å²) in [6.45, 7) is 1.60. The van der Waals surface area contributed by atoms with Crippen molar-refractivity contribution in [3.05, 3.63) is 59.5 Å². The predicted molar refractivity (Wildman–Crippen MR) is 148 cm³/mol. The second-order valence-electron chi connectivity index (χ2n) is 10.9. The first kappa shape index (κ1) is 28.8. The third kappa shape index (κ3) is 6.31. The number of nitrogens with zero attached hydrogens (tertiary/aromatic N) is 3. The summed E-state index contributed by atoms with van der Waals surface area (Å²) < 4.78 is 16.5. The lowest BCUT2D eigenvalue weighted by molar-refractivity contribution is -0.154. The highest BCUT2D eigenvalue weighted by molar-refractivity contribution is 6.00. The fraction of sp³-hybridized carbons (Fsp3) is 0.533. The predicted octanol–water partition coefficient (Wildman–Crippen LogP) is 2.79. The van der Waals surface area contributed by atoms with Crippen LogP contribution in [0.15, 0.2) is 47.1 Å². The highest BCUT2D eigenvalue weighted by atomic mass is 16.5. The molecule has 2 aliphatic heterocycles. The largest absolute Gasteiger partial charge is 0.467 e. The number of rotatable bonds is 9. The number of amides is 5. The molecule has 11 nitrogen and oxygen atoms in total. The Morgan fingerprint density at radius 1 is 0.976 bits per heavy atom. The van der Waals surface area contributed by atoms with Crippen LogP contribution in [0, 0.1) is 5.92 Å². The Hall–Kier alpha value is -3.70. The lowest BCUT2D eigenvalue weighted by atomic mass is 9.78. The number of nitrogens with one attached hydrogen (secondary N) is 1. The quantitative estimate of drug-likeness (QED) is 0.495. The molecule has 3 fully saturated rings. The van der Waals surface area contributed by atoms with Gasteiger partial charge >= 0.3 is 6.03 Å². The van der Waals surface area contributed by atoms with Crippen LogP contribution in [0.1, 0.15) is 53.8 Å². The summed E-state index contributed by atoms with van der Waals surface area (Å²) in [6.07, 6.45) is 4.78. The number of ether oxygens (including phenoxy) is 2. The van der Waals surface area contributed by atoms with Crippen LogP contribution >= 0.6 is 0 Å². The van der Waals surface area contributed by atoms with Crippen LogP contribution in [0.2, 0.25) is 0 Å². The van der Waals surface area contributed by atoms with E-state index in [9.17, 15) is 19.2 Å². The van der Waals surface area contributed by atoms with Crippen LogP contribution in [0.5, 0.6) is 0 Å². The van der Waals surface area contributed by atoms with Crippen molar-refractivity contribution in [2.45, 2.75) is 63.4 Å². The number of furan rings is 1. The Kier molecular flexibility index (Phi) is 9.04. The van der Waals surface area contributed by atoms with Crippen molar-refractivity contribution >= 4 is 23.8 Å². The highest BCUT2D eigenvalue weighted by Gasteiger charge is 2.52. The molecule has 5 amide bonds. The van der Waals surface area contributed by atoms with Crippen LogP contribution in [0.4, 0.5) is 4.79 Å². The number of urea groups is 1. The Labute approximate surface area is 239 Å². The number of hydrogen-bond acceptors (Lipinski definition) is 7. The molecular weight excluding hydrogens is 528 g/mol. The summed E-state index contributed by atoms with van der Waals surface area (Å²) in [7, 11) is 3.19. The van der Waals surface area contributed by atoms with E-state index in [4.69, 9.17) is 13.9 Å². The van der Waals surface area contributed by atoms with Gasteiger partial charge in [-0.1, -0.05) is 12.1 Å². The van der Waals surface area contributed by atoms with E-state index < -0.39 is 18.0 Å². The van der Waals surface area contributed by atoms with Gasteiger partial charge in [0.05, 0.1) is 37.5 Å². The van der Waals surface area contributed by atoms with E-state index in [0.29, 0.717) is 42.8 Å². The van der Waals surface area contributed by atoms with Gasteiger partial charge in [0.15, 0.2) is 0 Å². The first-order valence-electron chi connectivity index (χ1n) is 14.2. The third-order valence-electron chi connectivity index (χ3n) is 8.48. The van der Waals surface area contributed by atoms with Crippen molar-refractivity contribution < 1.29 is 33.1 Å². The lowest BCUT2D eigenvalue weighted by Crippen LogP contribution is -2.66. The Morgan fingerprint density at radius 2 is 1.68 bits per heavy atom. The minimum absolute atomic E-state index is 0.0366. The maximum atomic E-state index is 13.8. The molecule has 1 saturated carbocycles. The van der Waals surface area contributed by atoms with Gasteiger partial charge in [-0.05, 0) is 61.9 Å². The molecule has 41 heavy (non-hydrogen) atoms. The zero-order chi connectivity index (χ0) is 28.9. The molecule has 3 aliphatic rings. The van der Waals surface area contributed by atoms with Crippen LogP contribution in [0.25, 0.3) is 0 Å². The minimum Gasteiger partial charge on any atom is -0.467 e. The molecule has 5 rings (SSSR count). The van der Waals surface area contributed by atoms with Crippen LogP contribution < -0.4 is 5.32 Å². The van der Waals surface area contributed by atoms with Crippen LogP contribution in [0.3, 0.4) is 0 Å². The number of carbonyl (C=O) groups is 4. The van der Waals surface area contributed by atoms with Crippen molar-refractivity contribution in [1.29, 1.82) is 0 Å². The van der Waals surface area contributed by atoms with Crippen LogP contribution in [-0.2, 0) is 32.2 Å². The average Bonchev–Trinajstić information content (AvgIpc) is 3.54. The molecule has 3 heterocycles. The standard InChI is InChI=1S/C30H38N4O7/c1-39-25-15-23-24(16-26(25)40-2)33(19-27(35)32-12-4-3-5-13-32)30(38)34(29(23)37)18-20-8-10-21(11-9-20)28(36)31-17-22-7-6-14-41-22/h6-11,14,23-26H,3-5,12-13,15-19H2,1-2H3,(H,31,36). The van der Waals surface area contributed by atoms with Gasteiger partial charge in [0.25, 0.3) is 5.91 Å². The summed E-state index contributed by atoms with van der Waals surface area (Å²) in [5.74, 6) is -0.500. The molecular formula is C30H38N4O7. The van der Waals surface area contributed by atoms with E-state index >= 15 is 0 Å². The molecule has 11 heteroatoms. The fourth-order valence-electron chi connectivity index (χ4n) is 6.16. The Balaban J connectivity index is 1.32. The number of methoxy groups -OCH3 is 2. The molecule has 0 radical (unpaired) electrons. The summed E-state index contributed by atoms with van der Waals surface area (Å²) in [4.78, 5) is 58.0. The van der Waals surface area contributed by atoms with Crippen molar-refractivity contribution in [3.8, 4) is 0 Å². The first-order chi connectivity index (χ1) is 19.9. The van der Waals surface area contributed by atoms with E-state index in [1.165, 1.54) is 4.90 Å². The summed E-state index contributed by atoms with van der Waals surface area (Å²) in [5, 5.41) is 2.80. The van der Waals surface area contributed by atoms with Crippen molar-refractivity contribution in [2.75, 3.05) is 33.9 Å². The molecule has 4 unspecified atom stereocenters. The van der Waals surface area contributed by atoms with Gasteiger partial charge < -0.3 is 29.0 Å². The van der Waals surface area contributed by atoms with E-state index in [1.54, 1.807) is 61.8 Å². The summed E-state index contributed by atoms with van der Waals surface area (Å²) in [6, 6.07) is 9.40. The van der Waals surface area contributed by atoms with Gasteiger partial charge in [0, 0.05) is 38.9 Å². The van der Waals surface area contributed by atoms with Gasteiger partial charge in [-0.25, -0.2) is 4.79 Å². The van der Waals surface area contributed by atoms with Gasteiger partial charge in [0.1, 0.15) is 12.3 Å². The zero-order valence-electron chi connectivity index (χ0n) is 23.6. The van der Waals surface area contributed by atoms with Crippen molar-refractivity contribution in [3.63, 3.8) is 0 Å². The average molecular weight is 567 g/mol. The third-order valence-corrected chi connectivity index (χ3v) is 8.48. The number of hydrogen-bond donors (Lipinski definition) is 1.